The van der Waals surface area contributed by atoms with Crippen LogP contribution in [0.4, 0.5) is 0 Å². The van der Waals surface area contributed by atoms with Crippen molar-refractivity contribution in [3.05, 3.63) is 53.7 Å². The van der Waals surface area contributed by atoms with Crippen LogP contribution in [-0.2, 0) is 0 Å². The van der Waals surface area contributed by atoms with Crippen molar-refractivity contribution in [2.24, 2.45) is 5.73 Å². The number of nitrogens with zero attached hydrogens (tertiary/aromatic N) is 1. The summed E-state index contributed by atoms with van der Waals surface area (Å²) in [6.45, 7) is 2.64. The molecular formula is C15H17N3O2. The molecule has 5 nitrogen and oxygen atoms in total. The highest BCUT2D eigenvalue weighted by atomic mass is 16.5. The summed E-state index contributed by atoms with van der Waals surface area (Å²) in [4.78, 5) is 4.23. The number of nitrogens with two attached hydrogens (primary N) is 1. The summed E-state index contributed by atoms with van der Waals surface area (Å²) in [5, 5.41) is 7.42. The number of rotatable bonds is 6. The van der Waals surface area contributed by atoms with Crippen LogP contribution in [0.15, 0.2) is 42.5 Å². The Kier molecular flexibility index (Phi) is 4.55. The zero-order valence-electron chi connectivity index (χ0n) is 11.3. The molecule has 0 radical (unpaired) electrons. The van der Waals surface area contributed by atoms with E-state index in [1.165, 1.54) is 0 Å². The average Bonchev–Trinajstić information content (AvgIpc) is 2.44. The first-order chi connectivity index (χ1) is 9.65. The Labute approximate surface area is 117 Å². The number of hydrogen-bond donors (Lipinski definition) is 2. The van der Waals surface area contributed by atoms with Gasteiger partial charge in [0.25, 0.3) is 0 Å². The fourth-order valence-corrected chi connectivity index (χ4v) is 1.69. The molecule has 1 aromatic heterocycles. The van der Waals surface area contributed by atoms with E-state index in [1.54, 1.807) is 12.1 Å². The molecule has 0 aliphatic rings. The van der Waals surface area contributed by atoms with Gasteiger partial charge in [-0.1, -0.05) is 18.2 Å². The van der Waals surface area contributed by atoms with Crippen LogP contribution in [0, 0.1) is 12.3 Å². The van der Waals surface area contributed by atoms with Crippen molar-refractivity contribution in [1.82, 2.24) is 4.98 Å². The van der Waals surface area contributed by atoms with Crippen molar-refractivity contribution in [3.63, 3.8) is 0 Å². The van der Waals surface area contributed by atoms with Crippen LogP contribution < -0.4 is 15.2 Å². The first-order valence-corrected chi connectivity index (χ1v) is 6.29. The molecule has 3 N–H and O–H groups in total. The lowest BCUT2D eigenvalue weighted by Crippen LogP contribution is -2.13. The molecule has 0 aliphatic heterocycles. The number of benzene rings is 1. The van der Waals surface area contributed by atoms with Crippen molar-refractivity contribution in [1.29, 1.82) is 5.41 Å². The summed E-state index contributed by atoms with van der Waals surface area (Å²) in [6.07, 6.45) is 0. The predicted octanol–water partition coefficient (Wildman–Crippen LogP) is 2.13. The van der Waals surface area contributed by atoms with Gasteiger partial charge >= 0.3 is 0 Å². The first-order valence-electron chi connectivity index (χ1n) is 6.29. The Morgan fingerprint density at radius 2 is 1.85 bits per heavy atom. The van der Waals surface area contributed by atoms with Gasteiger partial charge in [0, 0.05) is 17.3 Å². The monoisotopic (exact) mass is 271 g/mol. The lowest BCUT2D eigenvalue weighted by atomic mass is 10.2. The number of amidine groups is 1. The lowest BCUT2D eigenvalue weighted by molar-refractivity contribution is 0.211. The van der Waals surface area contributed by atoms with E-state index in [0.29, 0.717) is 24.7 Å². The van der Waals surface area contributed by atoms with Gasteiger partial charge < -0.3 is 15.2 Å². The molecule has 20 heavy (non-hydrogen) atoms. The smallest absolute Gasteiger partial charge is 0.214 e. The Balaban J connectivity index is 1.86. The zero-order chi connectivity index (χ0) is 14.4. The maximum Gasteiger partial charge on any atom is 0.214 e. The van der Waals surface area contributed by atoms with Gasteiger partial charge in [-0.3, -0.25) is 5.41 Å². The minimum Gasteiger partial charge on any atom is -0.490 e. The van der Waals surface area contributed by atoms with Crippen molar-refractivity contribution in [3.8, 4) is 11.6 Å². The minimum absolute atomic E-state index is 0.000820. The largest absolute Gasteiger partial charge is 0.490 e. The summed E-state index contributed by atoms with van der Waals surface area (Å²) in [7, 11) is 0. The molecule has 1 heterocycles. The number of pyridine rings is 1. The van der Waals surface area contributed by atoms with Crippen molar-refractivity contribution >= 4 is 5.84 Å². The number of aromatic nitrogens is 1. The third-order valence-corrected chi connectivity index (χ3v) is 2.59. The van der Waals surface area contributed by atoms with Crippen LogP contribution in [0.5, 0.6) is 11.6 Å². The Bertz CT molecular complexity index is 585. The van der Waals surface area contributed by atoms with Gasteiger partial charge in [-0.05, 0) is 25.1 Å². The van der Waals surface area contributed by atoms with E-state index in [-0.39, 0.29) is 5.84 Å². The van der Waals surface area contributed by atoms with E-state index < -0.39 is 0 Å². The molecule has 0 fully saturated rings. The molecule has 0 amide bonds. The highest BCUT2D eigenvalue weighted by Gasteiger charge is 2.03. The van der Waals surface area contributed by atoms with Gasteiger partial charge in [0.1, 0.15) is 24.8 Å². The third-order valence-electron chi connectivity index (χ3n) is 2.59. The molecule has 0 aliphatic carbocycles. The number of nitrogen functional groups attached to an aromatic ring is 1. The highest BCUT2D eigenvalue weighted by Crippen LogP contribution is 2.12. The van der Waals surface area contributed by atoms with Gasteiger partial charge in [-0.2, -0.15) is 0 Å². The standard InChI is InChI=1S/C15H17N3O2/c1-11-9-12(15(16)17)10-14(18-11)20-8-7-19-13-5-3-2-4-6-13/h2-6,9-10H,7-8H2,1H3,(H3,16,17). The molecule has 1 aromatic carbocycles. The molecule has 2 rings (SSSR count). The minimum atomic E-state index is 0.000820. The van der Waals surface area contributed by atoms with Gasteiger partial charge in [0.05, 0.1) is 0 Å². The maximum absolute atomic E-state index is 7.42. The number of nitrogens with one attached hydrogen (secondary N) is 1. The average molecular weight is 271 g/mol. The van der Waals surface area contributed by atoms with Gasteiger partial charge in [-0.15, -0.1) is 0 Å². The zero-order valence-corrected chi connectivity index (χ0v) is 11.3. The molecule has 5 heteroatoms. The fraction of sp³-hybridized carbons (Fsp3) is 0.200. The van der Waals surface area contributed by atoms with Crippen molar-refractivity contribution in [2.45, 2.75) is 6.92 Å². The fourth-order valence-electron chi connectivity index (χ4n) is 1.69. The summed E-state index contributed by atoms with van der Waals surface area (Å²) < 4.78 is 11.0. The summed E-state index contributed by atoms with van der Waals surface area (Å²) in [5.74, 6) is 1.26. The molecular weight excluding hydrogens is 254 g/mol. The SMILES string of the molecule is Cc1cc(C(=N)N)cc(OCCOc2ccccc2)n1. The summed E-state index contributed by atoms with van der Waals surface area (Å²) >= 11 is 0. The third kappa shape index (κ3) is 3.98. The van der Waals surface area contributed by atoms with Gasteiger partial charge in [-0.25, -0.2) is 4.98 Å². The molecule has 0 bridgehead atoms. The number of aryl methyl sites for hydroxylation is 1. The molecule has 0 atom stereocenters. The van der Waals surface area contributed by atoms with E-state index in [9.17, 15) is 0 Å². The number of para-hydroxylation sites is 1. The predicted molar refractivity (Wildman–Crippen MR) is 77.4 cm³/mol. The quantitative estimate of drug-likeness (QED) is 0.479. The van der Waals surface area contributed by atoms with Crippen LogP contribution in [0.1, 0.15) is 11.3 Å². The summed E-state index contributed by atoms with van der Waals surface area (Å²) in [5.41, 5.74) is 6.83. The van der Waals surface area contributed by atoms with Crippen molar-refractivity contribution in [2.75, 3.05) is 13.2 Å². The number of ether oxygens (including phenoxy) is 2. The normalized spacial score (nSPS) is 10.1. The Morgan fingerprint density at radius 3 is 2.55 bits per heavy atom. The maximum atomic E-state index is 7.42. The molecule has 0 unspecified atom stereocenters. The van der Waals surface area contributed by atoms with Crippen LogP contribution in [0.2, 0.25) is 0 Å². The Hall–Kier alpha value is -2.56. The molecule has 104 valence electrons. The van der Waals surface area contributed by atoms with E-state index in [0.717, 1.165) is 11.4 Å². The number of hydrogen-bond acceptors (Lipinski definition) is 4. The van der Waals surface area contributed by atoms with Crippen LogP contribution in [-0.4, -0.2) is 24.0 Å². The summed E-state index contributed by atoms with van der Waals surface area (Å²) in [6, 6.07) is 12.9. The molecule has 0 saturated heterocycles. The van der Waals surface area contributed by atoms with E-state index in [2.05, 4.69) is 4.98 Å². The highest BCUT2D eigenvalue weighted by molar-refractivity contribution is 5.95. The molecule has 2 aromatic rings. The molecule has 0 spiro atoms. The van der Waals surface area contributed by atoms with E-state index in [4.69, 9.17) is 20.6 Å². The second-order valence-corrected chi connectivity index (χ2v) is 4.26. The second kappa shape index (κ2) is 6.56. The van der Waals surface area contributed by atoms with E-state index in [1.807, 2.05) is 37.3 Å². The van der Waals surface area contributed by atoms with Crippen molar-refractivity contribution < 1.29 is 9.47 Å². The van der Waals surface area contributed by atoms with Gasteiger partial charge in [0.15, 0.2) is 0 Å². The van der Waals surface area contributed by atoms with Crippen LogP contribution in [0.25, 0.3) is 0 Å². The Morgan fingerprint density at radius 1 is 1.15 bits per heavy atom. The lowest BCUT2D eigenvalue weighted by Gasteiger charge is -2.09. The van der Waals surface area contributed by atoms with Crippen LogP contribution in [0.3, 0.4) is 0 Å². The van der Waals surface area contributed by atoms with Gasteiger partial charge in [0.2, 0.25) is 5.88 Å². The first kappa shape index (κ1) is 13.9. The van der Waals surface area contributed by atoms with Crippen LogP contribution >= 0.6 is 0 Å². The molecule has 0 saturated carbocycles. The topological polar surface area (TPSA) is 81.2 Å². The second-order valence-electron chi connectivity index (χ2n) is 4.26. The van der Waals surface area contributed by atoms with E-state index >= 15 is 0 Å².